The molecule has 0 radical (unpaired) electrons. The monoisotopic (exact) mass is 498 g/mol. The van der Waals surface area contributed by atoms with E-state index in [2.05, 4.69) is 12.2 Å². The third-order valence-electron chi connectivity index (χ3n) is 5.50. The number of anilines is 1. The maximum atomic E-state index is 13.1. The molecule has 1 fully saturated rings. The Balaban J connectivity index is 1.76. The highest BCUT2D eigenvalue weighted by Crippen LogP contribution is 2.31. The third-order valence-corrected chi connectivity index (χ3v) is 5.74. The van der Waals surface area contributed by atoms with E-state index in [0.717, 1.165) is 17.7 Å². The highest BCUT2D eigenvalue weighted by atomic mass is 35.5. The first-order chi connectivity index (χ1) is 16.9. The lowest BCUT2D eigenvalue weighted by molar-refractivity contribution is -0.122. The minimum atomic E-state index is -0.826. The Bertz CT molecular complexity index is 1100. The summed E-state index contributed by atoms with van der Waals surface area (Å²) in [5.41, 5.74) is 0.666. The molecule has 0 bridgehead atoms. The van der Waals surface area contributed by atoms with Crippen LogP contribution in [0.5, 0.6) is 11.5 Å². The summed E-state index contributed by atoms with van der Waals surface area (Å²) in [6.07, 6.45) is 8.44. The van der Waals surface area contributed by atoms with Gasteiger partial charge in [0.05, 0.1) is 18.9 Å². The molecule has 2 aromatic rings. The van der Waals surface area contributed by atoms with Gasteiger partial charge in [-0.1, -0.05) is 62.8 Å². The fourth-order valence-electron chi connectivity index (χ4n) is 3.74. The van der Waals surface area contributed by atoms with Gasteiger partial charge >= 0.3 is 6.03 Å². The van der Waals surface area contributed by atoms with Gasteiger partial charge < -0.3 is 9.47 Å². The van der Waals surface area contributed by atoms with Crippen molar-refractivity contribution in [3.63, 3.8) is 0 Å². The zero-order valence-corrected chi connectivity index (χ0v) is 20.9. The van der Waals surface area contributed by atoms with Crippen molar-refractivity contribution in [3.05, 3.63) is 58.6 Å². The molecule has 0 spiro atoms. The number of nitrogens with one attached hydrogen (secondary N) is 1. The summed E-state index contributed by atoms with van der Waals surface area (Å²) in [5.74, 6) is -0.362. The number of halogens is 1. The average molecular weight is 499 g/mol. The number of hydrogen-bond acceptors (Lipinski definition) is 5. The van der Waals surface area contributed by atoms with Gasteiger partial charge in [-0.05, 0) is 55.3 Å². The summed E-state index contributed by atoms with van der Waals surface area (Å²) in [7, 11) is 0. The van der Waals surface area contributed by atoms with Crippen molar-refractivity contribution < 1.29 is 23.9 Å². The van der Waals surface area contributed by atoms with Gasteiger partial charge in [0.2, 0.25) is 0 Å². The molecular weight excluding hydrogens is 468 g/mol. The molecule has 0 atom stereocenters. The Morgan fingerprint density at radius 1 is 0.914 bits per heavy atom. The molecule has 0 aliphatic carbocycles. The molecule has 3 rings (SSSR count). The second kappa shape index (κ2) is 13.0. The topological polar surface area (TPSA) is 84.9 Å². The first-order valence-electron chi connectivity index (χ1n) is 12.0. The van der Waals surface area contributed by atoms with Crippen LogP contribution in [0.15, 0.2) is 48.0 Å². The molecule has 1 aliphatic rings. The van der Waals surface area contributed by atoms with E-state index in [1.165, 1.54) is 37.8 Å². The largest absolute Gasteiger partial charge is 0.490 e. The van der Waals surface area contributed by atoms with Crippen LogP contribution in [0, 0.1) is 0 Å². The molecule has 0 aromatic heterocycles. The van der Waals surface area contributed by atoms with Crippen LogP contribution < -0.4 is 19.7 Å². The molecule has 1 saturated heterocycles. The lowest BCUT2D eigenvalue weighted by atomic mass is 10.1. The molecule has 35 heavy (non-hydrogen) atoms. The molecular formula is C27H31ClN2O5. The van der Waals surface area contributed by atoms with E-state index < -0.39 is 17.8 Å². The minimum absolute atomic E-state index is 0.173. The Morgan fingerprint density at radius 2 is 1.69 bits per heavy atom. The summed E-state index contributed by atoms with van der Waals surface area (Å²) in [4.78, 5) is 38.8. The van der Waals surface area contributed by atoms with Gasteiger partial charge in [-0.25, -0.2) is 9.69 Å². The zero-order chi connectivity index (χ0) is 25.2. The molecule has 1 N–H and O–H groups in total. The van der Waals surface area contributed by atoms with Gasteiger partial charge in [0.25, 0.3) is 11.8 Å². The zero-order valence-electron chi connectivity index (χ0n) is 20.1. The van der Waals surface area contributed by atoms with Crippen molar-refractivity contribution in [2.75, 3.05) is 18.1 Å². The fourth-order valence-corrected chi connectivity index (χ4v) is 3.92. The fraction of sp³-hybridized carbons (Fsp3) is 0.370. The molecule has 1 aliphatic heterocycles. The van der Waals surface area contributed by atoms with Crippen LogP contribution >= 0.6 is 11.6 Å². The highest BCUT2D eigenvalue weighted by Gasteiger charge is 2.36. The Hall–Kier alpha value is -3.32. The average Bonchev–Trinajstić information content (AvgIpc) is 2.82. The van der Waals surface area contributed by atoms with E-state index in [9.17, 15) is 14.4 Å². The Labute approximate surface area is 211 Å². The van der Waals surface area contributed by atoms with Gasteiger partial charge in [-0.15, -0.1) is 0 Å². The number of carbonyl (C=O) groups excluding carboxylic acids is 3. The van der Waals surface area contributed by atoms with Crippen molar-refractivity contribution in [1.29, 1.82) is 0 Å². The lowest BCUT2D eigenvalue weighted by Crippen LogP contribution is -2.54. The minimum Gasteiger partial charge on any atom is -0.490 e. The molecule has 4 amide bonds. The number of barbiturate groups is 1. The van der Waals surface area contributed by atoms with Crippen LogP contribution in [0.2, 0.25) is 5.02 Å². The van der Waals surface area contributed by atoms with Crippen molar-refractivity contribution in [2.45, 2.75) is 52.4 Å². The molecule has 0 saturated carbocycles. The van der Waals surface area contributed by atoms with Crippen LogP contribution in [-0.2, 0) is 9.59 Å². The summed E-state index contributed by atoms with van der Waals surface area (Å²) in [6.45, 7) is 5.09. The second-order valence-corrected chi connectivity index (χ2v) is 8.63. The number of carbonyl (C=O) groups is 3. The molecule has 8 heteroatoms. The van der Waals surface area contributed by atoms with Crippen molar-refractivity contribution in [1.82, 2.24) is 5.32 Å². The van der Waals surface area contributed by atoms with Crippen LogP contribution in [0.1, 0.15) is 57.9 Å². The first kappa shape index (κ1) is 26.3. The summed E-state index contributed by atoms with van der Waals surface area (Å²) in [6, 6.07) is 10.7. The number of benzene rings is 2. The van der Waals surface area contributed by atoms with Crippen molar-refractivity contribution >= 4 is 41.2 Å². The van der Waals surface area contributed by atoms with Gasteiger partial charge in [0, 0.05) is 5.02 Å². The van der Waals surface area contributed by atoms with Crippen molar-refractivity contribution in [3.8, 4) is 11.5 Å². The Kier molecular flexibility index (Phi) is 9.73. The van der Waals surface area contributed by atoms with Gasteiger partial charge in [-0.3, -0.25) is 14.9 Å². The molecule has 1 heterocycles. The second-order valence-electron chi connectivity index (χ2n) is 8.19. The molecule has 7 nitrogen and oxygen atoms in total. The van der Waals surface area contributed by atoms with Crippen LogP contribution in [0.3, 0.4) is 0 Å². The quantitative estimate of drug-likeness (QED) is 0.216. The van der Waals surface area contributed by atoms with E-state index in [0.29, 0.717) is 35.3 Å². The molecule has 186 valence electrons. The van der Waals surface area contributed by atoms with Gasteiger partial charge in [0.1, 0.15) is 5.57 Å². The van der Waals surface area contributed by atoms with E-state index in [1.807, 2.05) is 6.92 Å². The van der Waals surface area contributed by atoms with Crippen molar-refractivity contribution in [2.24, 2.45) is 0 Å². The number of unbranched alkanes of at least 4 members (excludes halogenated alkanes) is 5. The summed E-state index contributed by atoms with van der Waals surface area (Å²) < 4.78 is 11.7. The summed E-state index contributed by atoms with van der Waals surface area (Å²) >= 11 is 6.01. The molecule has 2 aromatic carbocycles. The predicted molar refractivity (Wildman–Crippen MR) is 137 cm³/mol. The van der Waals surface area contributed by atoms with Gasteiger partial charge in [-0.2, -0.15) is 0 Å². The van der Waals surface area contributed by atoms with E-state index in [-0.39, 0.29) is 11.3 Å². The number of nitrogens with zero attached hydrogens (tertiary/aromatic N) is 1. The van der Waals surface area contributed by atoms with E-state index >= 15 is 0 Å². The first-order valence-corrected chi connectivity index (χ1v) is 12.4. The van der Waals surface area contributed by atoms with Crippen LogP contribution in [0.25, 0.3) is 6.08 Å². The maximum Gasteiger partial charge on any atom is 0.335 e. The van der Waals surface area contributed by atoms with Crippen LogP contribution in [-0.4, -0.2) is 31.1 Å². The maximum absolute atomic E-state index is 13.1. The Morgan fingerprint density at radius 3 is 2.43 bits per heavy atom. The number of hydrogen-bond donors (Lipinski definition) is 1. The highest BCUT2D eigenvalue weighted by molar-refractivity contribution is 6.39. The number of imide groups is 2. The standard InChI is InChI=1S/C27H31ClN2O5/c1-3-5-6-7-8-9-15-35-23-14-13-19(17-24(23)34-4-2)16-22-25(31)29-27(33)30(26(22)32)21-12-10-11-20(28)18-21/h10-14,16-18H,3-9,15H2,1-2H3,(H,29,31,33)/b22-16+. The number of urea groups is 1. The summed E-state index contributed by atoms with van der Waals surface area (Å²) in [5, 5.41) is 2.58. The number of ether oxygens (including phenoxy) is 2. The third kappa shape index (κ3) is 7.09. The van der Waals surface area contributed by atoms with E-state index in [4.69, 9.17) is 21.1 Å². The number of amides is 4. The van der Waals surface area contributed by atoms with E-state index in [1.54, 1.807) is 36.4 Å². The lowest BCUT2D eigenvalue weighted by Gasteiger charge is -2.26. The SMILES string of the molecule is CCCCCCCCOc1ccc(/C=C2\C(=O)NC(=O)N(c3cccc(Cl)c3)C2=O)cc1OCC. The predicted octanol–water partition coefficient (Wildman–Crippen LogP) is 6.14. The van der Waals surface area contributed by atoms with Crippen LogP contribution in [0.4, 0.5) is 10.5 Å². The smallest absolute Gasteiger partial charge is 0.335 e. The number of rotatable bonds is 12. The normalized spacial score (nSPS) is 14.9. The molecule has 0 unspecified atom stereocenters. The van der Waals surface area contributed by atoms with Gasteiger partial charge in [0.15, 0.2) is 11.5 Å².